The van der Waals surface area contributed by atoms with Crippen LogP contribution in [0.1, 0.15) is 52.4 Å². The predicted octanol–water partition coefficient (Wildman–Crippen LogP) is 4.55. The second-order valence-corrected chi connectivity index (χ2v) is 10.0. The van der Waals surface area contributed by atoms with Gasteiger partial charge >= 0.3 is 0 Å². The molecular weight excluding hydrogens is 456 g/mol. The topological polar surface area (TPSA) is 93.2 Å². The van der Waals surface area contributed by atoms with E-state index in [0.29, 0.717) is 17.1 Å². The van der Waals surface area contributed by atoms with E-state index in [4.69, 9.17) is 4.74 Å². The molecule has 2 N–H and O–H groups in total. The maximum Gasteiger partial charge on any atom is 0.265 e. The van der Waals surface area contributed by atoms with E-state index in [9.17, 15) is 9.59 Å². The number of carbonyl (C=O) groups is 2. The number of benzene rings is 2. The van der Waals surface area contributed by atoms with Crippen LogP contribution in [0.5, 0.6) is 11.5 Å². The molecule has 1 aromatic heterocycles. The molecule has 2 atom stereocenters. The number of amides is 2. The molecule has 2 heterocycles. The van der Waals surface area contributed by atoms with Gasteiger partial charge in [-0.2, -0.15) is 0 Å². The zero-order valence-corrected chi connectivity index (χ0v) is 20.1. The van der Waals surface area contributed by atoms with E-state index >= 15 is 0 Å². The molecule has 0 spiro atoms. The SMILES string of the molecule is CC(C)c1nnsc1C(=O)NC[C@@H]1CCS[C@H](c2ccc(Oc3ccccc3)cc2)C(=O)N1. The molecule has 1 saturated heterocycles. The fourth-order valence-corrected chi connectivity index (χ4v) is 5.48. The molecule has 2 aromatic carbocycles. The summed E-state index contributed by atoms with van der Waals surface area (Å²) in [6.07, 6.45) is 0.778. The molecule has 4 rings (SSSR count). The number of hydrogen-bond donors (Lipinski definition) is 2. The Kier molecular flexibility index (Phi) is 7.61. The van der Waals surface area contributed by atoms with E-state index in [1.165, 1.54) is 0 Å². The Balaban J connectivity index is 1.33. The van der Waals surface area contributed by atoms with E-state index in [0.717, 1.165) is 40.8 Å². The summed E-state index contributed by atoms with van der Waals surface area (Å²) < 4.78 is 9.75. The Morgan fingerprint density at radius 1 is 1.15 bits per heavy atom. The third-order valence-electron chi connectivity index (χ3n) is 5.27. The fourth-order valence-electron chi connectivity index (χ4n) is 3.52. The van der Waals surface area contributed by atoms with Gasteiger partial charge in [-0.05, 0) is 59.5 Å². The van der Waals surface area contributed by atoms with E-state index in [1.54, 1.807) is 11.8 Å². The van der Waals surface area contributed by atoms with Crippen LogP contribution in [0, 0.1) is 0 Å². The monoisotopic (exact) mass is 482 g/mol. The minimum absolute atomic E-state index is 0.0456. The van der Waals surface area contributed by atoms with Crippen LogP contribution in [0.25, 0.3) is 0 Å². The molecule has 1 aliphatic rings. The fraction of sp³-hybridized carbons (Fsp3) is 0.333. The van der Waals surface area contributed by atoms with Crippen molar-refractivity contribution in [2.24, 2.45) is 0 Å². The number of aromatic nitrogens is 2. The minimum Gasteiger partial charge on any atom is -0.457 e. The number of hydrogen-bond acceptors (Lipinski definition) is 7. The van der Waals surface area contributed by atoms with Crippen molar-refractivity contribution in [3.63, 3.8) is 0 Å². The van der Waals surface area contributed by atoms with Gasteiger partial charge in [0.15, 0.2) is 0 Å². The zero-order chi connectivity index (χ0) is 23.2. The Bertz CT molecular complexity index is 1090. The first-order valence-electron chi connectivity index (χ1n) is 10.9. The quantitative estimate of drug-likeness (QED) is 0.513. The molecule has 172 valence electrons. The molecule has 0 aliphatic carbocycles. The average molecular weight is 483 g/mol. The number of nitrogens with zero attached hydrogens (tertiary/aromatic N) is 2. The molecule has 33 heavy (non-hydrogen) atoms. The van der Waals surface area contributed by atoms with Gasteiger partial charge in [0, 0.05) is 12.6 Å². The van der Waals surface area contributed by atoms with Crippen molar-refractivity contribution >= 4 is 35.1 Å². The number of nitrogens with one attached hydrogen (secondary N) is 2. The van der Waals surface area contributed by atoms with Gasteiger partial charge in [0.25, 0.3) is 5.91 Å². The first-order chi connectivity index (χ1) is 16.0. The van der Waals surface area contributed by atoms with Crippen LogP contribution in [0.3, 0.4) is 0 Å². The Labute approximate surface area is 201 Å². The smallest absolute Gasteiger partial charge is 0.265 e. The van der Waals surface area contributed by atoms with E-state index in [-0.39, 0.29) is 29.0 Å². The molecular formula is C24H26N4O3S2. The van der Waals surface area contributed by atoms with Crippen molar-refractivity contribution in [3.05, 3.63) is 70.7 Å². The highest BCUT2D eigenvalue weighted by atomic mass is 32.2. The molecule has 0 saturated carbocycles. The highest BCUT2D eigenvalue weighted by Gasteiger charge is 2.28. The van der Waals surface area contributed by atoms with Crippen molar-refractivity contribution in [2.75, 3.05) is 12.3 Å². The van der Waals surface area contributed by atoms with Crippen molar-refractivity contribution in [3.8, 4) is 11.5 Å². The number of thioether (sulfide) groups is 1. The maximum absolute atomic E-state index is 12.9. The summed E-state index contributed by atoms with van der Waals surface area (Å²) in [4.78, 5) is 26.0. The molecule has 9 heteroatoms. The number of para-hydroxylation sites is 1. The summed E-state index contributed by atoms with van der Waals surface area (Å²) in [5.74, 6) is 2.20. The van der Waals surface area contributed by atoms with Gasteiger partial charge in [-0.1, -0.05) is 48.7 Å². The zero-order valence-electron chi connectivity index (χ0n) is 18.5. The van der Waals surface area contributed by atoms with Crippen LogP contribution in [0.2, 0.25) is 0 Å². The molecule has 2 amide bonds. The lowest BCUT2D eigenvalue weighted by atomic mass is 10.1. The molecule has 3 aromatic rings. The van der Waals surface area contributed by atoms with Crippen molar-refractivity contribution in [2.45, 2.75) is 37.5 Å². The van der Waals surface area contributed by atoms with Gasteiger partial charge in [0.1, 0.15) is 21.6 Å². The van der Waals surface area contributed by atoms with E-state index in [1.807, 2.05) is 68.4 Å². The Morgan fingerprint density at radius 3 is 2.61 bits per heavy atom. The first kappa shape index (κ1) is 23.3. The summed E-state index contributed by atoms with van der Waals surface area (Å²) in [5, 5.41) is 9.78. The van der Waals surface area contributed by atoms with Gasteiger partial charge in [0.05, 0.1) is 5.69 Å². The van der Waals surface area contributed by atoms with Gasteiger partial charge < -0.3 is 15.4 Å². The van der Waals surface area contributed by atoms with Gasteiger partial charge in [0.2, 0.25) is 5.91 Å². The van der Waals surface area contributed by atoms with Crippen LogP contribution in [-0.4, -0.2) is 39.7 Å². The molecule has 7 nitrogen and oxygen atoms in total. The predicted molar refractivity (Wildman–Crippen MR) is 131 cm³/mol. The van der Waals surface area contributed by atoms with Gasteiger partial charge in [-0.15, -0.1) is 16.9 Å². The van der Waals surface area contributed by atoms with Crippen LogP contribution in [-0.2, 0) is 4.79 Å². The molecule has 0 radical (unpaired) electrons. The maximum atomic E-state index is 12.9. The van der Waals surface area contributed by atoms with Crippen LogP contribution in [0.4, 0.5) is 0 Å². The van der Waals surface area contributed by atoms with Crippen molar-refractivity contribution in [1.29, 1.82) is 0 Å². The van der Waals surface area contributed by atoms with Crippen LogP contribution in [0.15, 0.2) is 54.6 Å². The lowest BCUT2D eigenvalue weighted by molar-refractivity contribution is -0.121. The lowest BCUT2D eigenvalue weighted by Gasteiger charge is -2.18. The molecule has 1 fully saturated rings. The minimum atomic E-state index is -0.297. The lowest BCUT2D eigenvalue weighted by Crippen LogP contribution is -2.43. The highest BCUT2D eigenvalue weighted by molar-refractivity contribution is 8.00. The first-order valence-corrected chi connectivity index (χ1v) is 12.7. The molecule has 0 unspecified atom stereocenters. The molecule has 1 aliphatic heterocycles. The highest BCUT2D eigenvalue weighted by Crippen LogP contribution is 2.33. The number of carbonyl (C=O) groups excluding carboxylic acids is 2. The average Bonchev–Trinajstić information content (AvgIpc) is 3.24. The number of rotatable bonds is 7. The van der Waals surface area contributed by atoms with Gasteiger partial charge in [-0.3, -0.25) is 9.59 Å². The van der Waals surface area contributed by atoms with Gasteiger partial charge in [-0.25, -0.2) is 0 Å². The second-order valence-electron chi connectivity index (χ2n) is 8.08. The van der Waals surface area contributed by atoms with Crippen LogP contribution >= 0.6 is 23.3 Å². The summed E-state index contributed by atoms with van der Waals surface area (Å²) in [6.45, 7) is 4.34. The van der Waals surface area contributed by atoms with E-state index < -0.39 is 0 Å². The third-order valence-corrected chi connectivity index (χ3v) is 7.30. The largest absolute Gasteiger partial charge is 0.457 e. The standard InChI is InChI=1S/C24H26N4O3S2/c1-15(2)20-22(33-28-27-20)23(29)25-14-17-12-13-32-21(24(30)26-17)16-8-10-19(11-9-16)31-18-6-4-3-5-7-18/h3-11,15,17,21H,12-14H2,1-2H3,(H,25,29)(H,26,30)/t17-,21+/m0/s1. The Hall–Kier alpha value is -2.91. The van der Waals surface area contributed by atoms with Crippen molar-refractivity contribution < 1.29 is 14.3 Å². The van der Waals surface area contributed by atoms with E-state index in [2.05, 4.69) is 20.2 Å². The summed E-state index contributed by atoms with van der Waals surface area (Å²) in [6, 6.07) is 17.1. The second kappa shape index (κ2) is 10.8. The summed E-state index contributed by atoms with van der Waals surface area (Å²) >= 11 is 2.72. The number of ether oxygens (including phenoxy) is 1. The molecule has 0 bridgehead atoms. The normalized spacial score (nSPS) is 18.5. The third kappa shape index (κ3) is 5.91. The summed E-state index contributed by atoms with van der Waals surface area (Å²) in [5.41, 5.74) is 1.64. The van der Waals surface area contributed by atoms with Crippen molar-refractivity contribution in [1.82, 2.24) is 20.2 Å². The van der Waals surface area contributed by atoms with Crippen LogP contribution < -0.4 is 15.4 Å². The Morgan fingerprint density at radius 2 is 1.88 bits per heavy atom. The summed E-state index contributed by atoms with van der Waals surface area (Å²) in [7, 11) is 0.